The number of carbonyl (C=O) groups excluding carboxylic acids is 2. The van der Waals surface area contributed by atoms with Crippen LogP contribution in [0, 0.1) is 0 Å². The lowest BCUT2D eigenvalue weighted by Crippen LogP contribution is -2.53. The second kappa shape index (κ2) is 13.6. The van der Waals surface area contributed by atoms with E-state index in [0.29, 0.717) is 25.8 Å². The van der Waals surface area contributed by atoms with E-state index >= 15 is 0 Å². The Hall–Kier alpha value is -3.95. The predicted octanol–water partition coefficient (Wildman–Crippen LogP) is 2.13. The van der Waals surface area contributed by atoms with Gasteiger partial charge in [0.1, 0.15) is 6.04 Å². The Labute approximate surface area is 222 Å². The highest BCUT2D eigenvalue weighted by molar-refractivity contribution is 5.91. The molecule has 2 amide bonds. The number of para-hydroxylation sites is 1. The Morgan fingerprint density at radius 3 is 2.42 bits per heavy atom. The number of aryl methyl sites for hydroxylation is 1. The summed E-state index contributed by atoms with van der Waals surface area (Å²) < 4.78 is 0. The summed E-state index contributed by atoms with van der Waals surface area (Å²) in [5.41, 5.74) is 16.9. The highest BCUT2D eigenvalue weighted by atomic mass is 16.2. The summed E-state index contributed by atoms with van der Waals surface area (Å²) >= 11 is 0. The van der Waals surface area contributed by atoms with Gasteiger partial charge in [-0.3, -0.25) is 9.59 Å². The lowest BCUT2D eigenvalue weighted by molar-refractivity contribution is -0.129. The number of rotatable bonds is 14. The number of unbranched alkanes of at least 4 members (excludes halogenated alkanes) is 1. The number of nitrogens with two attached hydrogens (primary N) is 2. The maximum Gasteiger partial charge on any atom is 0.242 e. The Bertz CT molecular complexity index is 1300. The number of aromatic amines is 2. The Balaban J connectivity index is 1.37. The molecule has 4 rings (SSSR count). The third kappa shape index (κ3) is 7.53. The first-order valence-electron chi connectivity index (χ1n) is 13.2. The summed E-state index contributed by atoms with van der Waals surface area (Å²) in [6.45, 7) is 1.18. The molecule has 9 nitrogen and oxygen atoms in total. The van der Waals surface area contributed by atoms with Gasteiger partial charge in [0.15, 0.2) is 0 Å². The highest BCUT2D eigenvalue weighted by Crippen LogP contribution is 2.19. The van der Waals surface area contributed by atoms with Crippen molar-refractivity contribution in [3.05, 3.63) is 89.6 Å². The van der Waals surface area contributed by atoms with Crippen LogP contribution in [0.2, 0.25) is 0 Å². The first-order chi connectivity index (χ1) is 18.5. The SMILES string of the molecule is NCCCCc1ccc(CCNC(=O)[C@H](Cc2c[nH]c3ccccc23)NC(=O)[C@@H](N)Cc2cnc[nH]2)cc1. The molecule has 0 saturated carbocycles. The molecule has 0 saturated heterocycles. The molecule has 0 aliphatic rings. The van der Waals surface area contributed by atoms with Gasteiger partial charge in [0.05, 0.1) is 12.4 Å². The minimum absolute atomic E-state index is 0.240. The Kier molecular flexibility index (Phi) is 9.66. The number of H-pyrrole nitrogens is 2. The molecule has 38 heavy (non-hydrogen) atoms. The molecular weight excluding hydrogens is 478 g/mol. The summed E-state index contributed by atoms with van der Waals surface area (Å²) in [5, 5.41) is 6.90. The van der Waals surface area contributed by atoms with Crippen molar-refractivity contribution in [1.82, 2.24) is 25.6 Å². The van der Waals surface area contributed by atoms with Crippen molar-refractivity contribution in [2.75, 3.05) is 13.1 Å². The van der Waals surface area contributed by atoms with Gasteiger partial charge in [0.25, 0.3) is 0 Å². The highest BCUT2D eigenvalue weighted by Gasteiger charge is 2.25. The average Bonchev–Trinajstić information content (AvgIpc) is 3.59. The Morgan fingerprint density at radius 1 is 0.921 bits per heavy atom. The third-order valence-electron chi connectivity index (χ3n) is 6.72. The van der Waals surface area contributed by atoms with E-state index in [-0.39, 0.29) is 11.8 Å². The maximum absolute atomic E-state index is 13.3. The topological polar surface area (TPSA) is 155 Å². The number of amides is 2. The van der Waals surface area contributed by atoms with Crippen molar-refractivity contribution in [3.8, 4) is 0 Å². The van der Waals surface area contributed by atoms with Crippen LogP contribution in [-0.4, -0.2) is 51.9 Å². The molecule has 2 atom stereocenters. The number of nitrogens with zero attached hydrogens (tertiary/aromatic N) is 1. The van der Waals surface area contributed by atoms with Gasteiger partial charge in [0.2, 0.25) is 11.8 Å². The number of aromatic nitrogens is 3. The van der Waals surface area contributed by atoms with Gasteiger partial charge in [-0.15, -0.1) is 0 Å². The minimum Gasteiger partial charge on any atom is -0.361 e. The normalized spacial score (nSPS) is 12.8. The number of nitrogens with one attached hydrogen (secondary N) is 4. The van der Waals surface area contributed by atoms with E-state index < -0.39 is 12.1 Å². The van der Waals surface area contributed by atoms with Crippen LogP contribution in [0.1, 0.15) is 35.2 Å². The number of imidazole rings is 1. The fraction of sp³-hybridized carbons (Fsp3) is 0.345. The van der Waals surface area contributed by atoms with E-state index in [1.54, 1.807) is 12.5 Å². The van der Waals surface area contributed by atoms with Gasteiger partial charge in [-0.1, -0.05) is 42.5 Å². The van der Waals surface area contributed by atoms with Crippen LogP contribution < -0.4 is 22.1 Å². The summed E-state index contributed by atoms with van der Waals surface area (Å²) in [4.78, 5) is 36.4. The number of fused-ring (bicyclic) bond motifs is 1. The molecule has 2 aromatic heterocycles. The molecule has 0 fully saturated rings. The molecular formula is C29H37N7O2. The van der Waals surface area contributed by atoms with Crippen LogP contribution in [0.4, 0.5) is 0 Å². The van der Waals surface area contributed by atoms with E-state index in [0.717, 1.165) is 53.5 Å². The van der Waals surface area contributed by atoms with Crippen molar-refractivity contribution in [2.45, 2.75) is 50.6 Å². The third-order valence-corrected chi connectivity index (χ3v) is 6.72. The van der Waals surface area contributed by atoms with Crippen LogP contribution in [0.25, 0.3) is 10.9 Å². The smallest absolute Gasteiger partial charge is 0.242 e. The molecule has 0 bridgehead atoms. The summed E-state index contributed by atoms with van der Waals surface area (Å²) in [6.07, 6.45) is 9.54. The van der Waals surface area contributed by atoms with Gasteiger partial charge in [-0.25, -0.2) is 4.98 Å². The average molecular weight is 516 g/mol. The Morgan fingerprint density at radius 2 is 1.68 bits per heavy atom. The second-order valence-corrected chi connectivity index (χ2v) is 9.62. The number of hydrogen-bond acceptors (Lipinski definition) is 5. The molecule has 200 valence electrons. The summed E-state index contributed by atoms with van der Waals surface area (Å²) in [6, 6.07) is 14.8. The van der Waals surface area contributed by atoms with E-state index in [1.165, 1.54) is 5.56 Å². The lowest BCUT2D eigenvalue weighted by atomic mass is 10.0. The monoisotopic (exact) mass is 515 g/mol. The first-order valence-corrected chi connectivity index (χ1v) is 13.2. The fourth-order valence-electron chi connectivity index (χ4n) is 4.53. The zero-order valence-corrected chi connectivity index (χ0v) is 21.6. The van der Waals surface area contributed by atoms with Gasteiger partial charge in [-0.05, 0) is 55.0 Å². The van der Waals surface area contributed by atoms with Gasteiger partial charge in [-0.2, -0.15) is 0 Å². The number of benzene rings is 2. The molecule has 0 spiro atoms. The minimum atomic E-state index is -0.808. The summed E-state index contributed by atoms with van der Waals surface area (Å²) in [5.74, 6) is -0.624. The molecule has 0 aliphatic heterocycles. The van der Waals surface area contributed by atoms with Gasteiger partial charge >= 0.3 is 0 Å². The van der Waals surface area contributed by atoms with E-state index in [4.69, 9.17) is 11.5 Å². The maximum atomic E-state index is 13.3. The van der Waals surface area contributed by atoms with Crippen LogP contribution >= 0.6 is 0 Å². The largest absolute Gasteiger partial charge is 0.361 e. The zero-order valence-electron chi connectivity index (χ0n) is 21.6. The lowest BCUT2D eigenvalue weighted by Gasteiger charge is -2.20. The quantitative estimate of drug-likeness (QED) is 0.142. The van der Waals surface area contributed by atoms with E-state index in [1.807, 2.05) is 30.5 Å². The molecule has 0 radical (unpaired) electrons. The van der Waals surface area contributed by atoms with Crippen molar-refractivity contribution in [2.24, 2.45) is 11.5 Å². The molecule has 4 aromatic rings. The predicted molar refractivity (Wildman–Crippen MR) is 149 cm³/mol. The van der Waals surface area contributed by atoms with Crippen LogP contribution in [0.15, 0.2) is 67.3 Å². The summed E-state index contributed by atoms with van der Waals surface area (Å²) in [7, 11) is 0. The molecule has 0 unspecified atom stereocenters. The van der Waals surface area contributed by atoms with Crippen molar-refractivity contribution in [1.29, 1.82) is 0 Å². The van der Waals surface area contributed by atoms with Crippen LogP contribution in [-0.2, 0) is 35.3 Å². The van der Waals surface area contributed by atoms with E-state index in [9.17, 15) is 9.59 Å². The second-order valence-electron chi connectivity index (χ2n) is 9.62. The zero-order chi connectivity index (χ0) is 26.7. The van der Waals surface area contributed by atoms with Gasteiger partial charge < -0.3 is 32.1 Å². The molecule has 8 N–H and O–H groups in total. The standard InChI is InChI=1S/C29H37N7O2/c30-13-4-3-5-20-8-10-21(11-9-20)12-14-33-29(38)27(15-22-17-34-26-7-2-1-6-24(22)26)36-28(37)25(31)16-23-18-32-19-35-23/h1-2,6-11,17-19,25,27,34H,3-5,12-16,30-31H2,(H,32,35)(H,33,38)(H,36,37)/t25-,27-/m0/s1. The van der Waals surface area contributed by atoms with E-state index in [2.05, 4.69) is 49.9 Å². The number of carbonyl (C=O) groups is 2. The molecule has 2 heterocycles. The van der Waals surface area contributed by atoms with Crippen LogP contribution in [0.3, 0.4) is 0 Å². The van der Waals surface area contributed by atoms with Crippen molar-refractivity contribution in [3.63, 3.8) is 0 Å². The molecule has 2 aromatic carbocycles. The van der Waals surface area contributed by atoms with Crippen molar-refractivity contribution >= 4 is 22.7 Å². The van der Waals surface area contributed by atoms with Crippen LogP contribution in [0.5, 0.6) is 0 Å². The molecule has 0 aliphatic carbocycles. The van der Waals surface area contributed by atoms with Gasteiger partial charge in [0, 0.05) is 48.4 Å². The fourth-order valence-corrected chi connectivity index (χ4v) is 4.53. The number of hydrogen-bond donors (Lipinski definition) is 6. The molecule has 9 heteroatoms. The first kappa shape index (κ1) is 27.1. The van der Waals surface area contributed by atoms with Crippen molar-refractivity contribution < 1.29 is 9.59 Å².